The van der Waals surface area contributed by atoms with Crippen LogP contribution < -0.4 is 5.32 Å². The van der Waals surface area contributed by atoms with E-state index in [2.05, 4.69) is 12.2 Å². The average molecular weight is 231 g/mol. The number of carbonyl (C=O) groups is 2. The molecule has 1 unspecified atom stereocenters. The highest BCUT2D eigenvalue weighted by atomic mass is 16.5. The lowest BCUT2D eigenvalue weighted by molar-refractivity contribution is -0.140. The number of carbonyl (C=O) groups excluding carboxylic acids is 1. The van der Waals surface area contributed by atoms with Crippen LogP contribution in [0.1, 0.15) is 40.0 Å². The minimum Gasteiger partial charge on any atom is -0.480 e. The first-order valence-electron chi connectivity index (χ1n) is 5.65. The Morgan fingerprint density at radius 3 is 2.38 bits per heavy atom. The summed E-state index contributed by atoms with van der Waals surface area (Å²) in [6.45, 7) is 5.86. The van der Waals surface area contributed by atoms with Gasteiger partial charge in [-0.2, -0.15) is 0 Å². The smallest absolute Gasteiger partial charge is 0.407 e. The number of hydrogen-bond donors (Lipinski definition) is 2. The summed E-state index contributed by atoms with van der Waals surface area (Å²) in [5.74, 6) is -1.21. The molecular formula is C11H21NO4. The van der Waals surface area contributed by atoms with Crippen LogP contribution >= 0.6 is 0 Å². The lowest BCUT2D eigenvalue weighted by Crippen LogP contribution is -2.44. The third-order valence-corrected chi connectivity index (χ3v) is 2.19. The van der Waals surface area contributed by atoms with E-state index in [0.29, 0.717) is 6.61 Å². The molecule has 0 bridgehead atoms. The molecule has 1 amide bonds. The maximum atomic E-state index is 11.2. The van der Waals surface area contributed by atoms with Crippen LogP contribution in [0, 0.1) is 5.92 Å². The van der Waals surface area contributed by atoms with E-state index in [1.807, 2.05) is 0 Å². The summed E-state index contributed by atoms with van der Waals surface area (Å²) in [6, 6.07) is -0.890. The fourth-order valence-electron chi connectivity index (χ4n) is 1.20. The van der Waals surface area contributed by atoms with Gasteiger partial charge in [0.1, 0.15) is 6.04 Å². The number of rotatable bonds is 7. The summed E-state index contributed by atoms with van der Waals surface area (Å²) >= 11 is 0. The standard InChI is InChI=1S/C11H21NO4/c1-4-5-6-7-16-11(15)12-9(8(2)3)10(13)14/h8-9H,4-7H2,1-3H3,(H,12,15)(H,13,14). The van der Waals surface area contributed by atoms with Gasteiger partial charge in [0.2, 0.25) is 0 Å². The predicted molar refractivity (Wildman–Crippen MR) is 60.3 cm³/mol. The molecule has 0 aromatic heterocycles. The fraction of sp³-hybridized carbons (Fsp3) is 0.818. The molecular weight excluding hydrogens is 210 g/mol. The van der Waals surface area contributed by atoms with Crippen LogP contribution in [-0.4, -0.2) is 29.8 Å². The Morgan fingerprint density at radius 2 is 1.94 bits per heavy atom. The Balaban J connectivity index is 3.87. The number of unbranched alkanes of at least 4 members (excludes halogenated alkanes) is 2. The second-order valence-electron chi connectivity index (χ2n) is 4.05. The van der Waals surface area contributed by atoms with Crippen molar-refractivity contribution in [2.75, 3.05) is 6.61 Å². The van der Waals surface area contributed by atoms with Crippen molar-refractivity contribution in [2.45, 2.75) is 46.1 Å². The van der Waals surface area contributed by atoms with Crippen LogP contribution in [-0.2, 0) is 9.53 Å². The van der Waals surface area contributed by atoms with Crippen molar-refractivity contribution >= 4 is 12.1 Å². The number of aliphatic carboxylic acids is 1. The molecule has 16 heavy (non-hydrogen) atoms. The molecule has 0 aliphatic carbocycles. The zero-order valence-corrected chi connectivity index (χ0v) is 10.2. The van der Waals surface area contributed by atoms with Crippen molar-refractivity contribution < 1.29 is 19.4 Å². The van der Waals surface area contributed by atoms with Gasteiger partial charge in [-0.05, 0) is 12.3 Å². The highest BCUT2D eigenvalue weighted by Gasteiger charge is 2.23. The number of carboxylic acid groups (broad SMARTS) is 1. The van der Waals surface area contributed by atoms with Gasteiger partial charge in [-0.15, -0.1) is 0 Å². The van der Waals surface area contributed by atoms with E-state index >= 15 is 0 Å². The molecule has 0 saturated heterocycles. The van der Waals surface area contributed by atoms with Gasteiger partial charge >= 0.3 is 12.1 Å². The lowest BCUT2D eigenvalue weighted by atomic mass is 10.1. The number of nitrogens with one attached hydrogen (secondary N) is 1. The molecule has 0 heterocycles. The molecule has 0 radical (unpaired) electrons. The van der Waals surface area contributed by atoms with Crippen LogP contribution in [0.2, 0.25) is 0 Å². The van der Waals surface area contributed by atoms with Gasteiger partial charge in [-0.1, -0.05) is 33.6 Å². The van der Waals surface area contributed by atoms with Crippen LogP contribution in [0.5, 0.6) is 0 Å². The zero-order valence-electron chi connectivity index (χ0n) is 10.2. The molecule has 94 valence electrons. The first-order chi connectivity index (χ1) is 7.49. The lowest BCUT2D eigenvalue weighted by Gasteiger charge is -2.17. The number of hydrogen-bond acceptors (Lipinski definition) is 3. The minimum atomic E-state index is -1.04. The van der Waals surface area contributed by atoms with E-state index in [1.165, 1.54) is 0 Å². The third kappa shape index (κ3) is 6.27. The van der Waals surface area contributed by atoms with Gasteiger partial charge in [0.05, 0.1) is 6.61 Å². The zero-order chi connectivity index (χ0) is 12.6. The highest BCUT2D eigenvalue weighted by Crippen LogP contribution is 2.02. The summed E-state index contributed by atoms with van der Waals surface area (Å²) in [6.07, 6.45) is 2.20. The van der Waals surface area contributed by atoms with Crippen molar-refractivity contribution in [3.05, 3.63) is 0 Å². The molecule has 0 saturated carbocycles. The largest absolute Gasteiger partial charge is 0.480 e. The summed E-state index contributed by atoms with van der Waals surface area (Å²) < 4.78 is 4.86. The van der Waals surface area contributed by atoms with E-state index in [9.17, 15) is 9.59 Å². The molecule has 5 heteroatoms. The second-order valence-corrected chi connectivity index (χ2v) is 4.05. The molecule has 2 N–H and O–H groups in total. The fourth-order valence-corrected chi connectivity index (χ4v) is 1.20. The summed E-state index contributed by atoms with van der Waals surface area (Å²) in [5, 5.41) is 11.2. The van der Waals surface area contributed by atoms with Gasteiger partial charge in [0.15, 0.2) is 0 Å². The maximum Gasteiger partial charge on any atom is 0.407 e. The van der Waals surface area contributed by atoms with Gasteiger partial charge in [0.25, 0.3) is 0 Å². The Bertz CT molecular complexity index is 228. The third-order valence-electron chi connectivity index (χ3n) is 2.19. The van der Waals surface area contributed by atoms with Crippen molar-refractivity contribution in [2.24, 2.45) is 5.92 Å². The Morgan fingerprint density at radius 1 is 1.31 bits per heavy atom. The number of amides is 1. The average Bonchev–Trinajstić information content (AvgIpc) is 2.20. The van der Waals surface area contributed by atoms with Crippen molar-refractivity contribution in [1.82, 2.24) is 5.32 Å². The first-order valence-corrected chi connectivity index (χ1v) is 5.65. The molecule has 0 fully saturated rings. The minimum absolute atomic E-state index is 0.166. The van der Waals surface area contributed by atoms with Gasteiger partial charge in [-0.3, -0.25) is 0 Å². The second kappa shape index (κ2) is 7.96. The monoisotopic (exact) mass is 231 g/mol. The van der Waals surface area contributed by atoms with E-state index in [0.717, 1.165) is 19.3 Å². The molecule has 0 aromatic rings. The van der Waals surface area contributed by atoms with Crippen molar-refractivity contribution in [1.29, 1.82) is 0 Å². The van der Waals surface area contributed by atoms with E-state index < -0.39 is 18.1 Å². The number of alkyl carbamates (subject to hydrolysis) is 1. The molecule has 0 aliphatic rings. The van der Waals surface area contributed by atoms with E-state index in [4.69, 9.17) is 9.84 Å². The summed E-state index contributed by atoms with van der Waals surface area (Å²) in [4.78, 5) is 22.0. The van der Waals surface area contributed by atoms with Crippen LogP contribution in [0.3, 0.4) is 0 Å². The summed E-state index contributed by atoms with van der Waals surface area (Å²) in [5.41, 5.74) is 0. The number of carboxylic acids is 1. The molecule has 0 aromatic carbocycles. The number of ether oxygens (including phenoxy) is 1. The highest BCUT2D eigenvalue weighted by molar-refractivity contribution is 5.80. The molecule has 0 aliphatic heterocycles. The Hall–Kier alpha value is -1.26. The molecule has 0 spiro atoms. The SMILES string of the molecule is CCCCCOC(=O)NC(C(=O)O)C(C)C. The molecule has 5 nitrogen and oxygen atoms in total. The van der Waals surface area contributed by atoms with Crippen LogP contribution in [0.4, 0.5) is 4.79 Å². The van der Waals surface area contributed by atoms with Crippen LogP contribution in [0.25, 0.3) is 0 Å². The quantitative estimate of drug-likeness (QED) is 0.657. The van der Waals surface area contributed by atoms with E-state index in [-0.39, 0.29) is 5.92 Å². The van der Waals surface area contributed by atoms with E-state index in [1.54, 1.807) is 13.8 Å². The Kier molecular flexibility index (Phi) is 7.33. The normalized spacial score (nSPS) is 12.2. The van der Waals surface area contributed by atoms with Gasteiger partial charge in [0, 0.05) is 0 Å². The summed E-state index contributed by atoms with van der Waals surface area (Å²) in [7, 11) is 0. The predicted octanol–water partition coefficient (Wildman–Crippen LogP) is 2.01. The van der Waals surface area contributed by atoms with Gasteiger partial charge < -0.3 is 15.2 Å². The van der Waals surface area contributed by atoms with Crippen LogP contribution in [0.15, 0.2) is 0 Å². The topological polar surface area (TPSA) is 75.6 Å². The van der Waals surface area contributed by atoms with Crippen molar-refractivity contribution in [3.63, 3.8) is 0 Å². The molecule has 1 atom stereocenters. The maximum absolute atomic E-state index is 11.2. The Labute approximate surface area is 96.2 Å². The first kappa shape index (κ1) is 14.7. The molecule has 0 rings (SSSR count). The van der Waals surface area contributed by atoms with Crippen molar-refractivity contribution in [3.8, 4) is 0 Å². The van der Waals surface area contributed by atoms with Gasteiger partial charge in [-0.25, -0.2) is 9.59 Å².